The molecule has 2 aromatic rings. The lowest BCUT2D eigenvalue weighted by Crippen LogP contribution is -2.43. The zero-order chi connectivity index (χ0) is 15.7. The van der Waals surface area contributed by atoms with Crippen LogP contribution < -0.4 is 0 Å². The van der Waals surface area contributed by atoms with Crippen LogP contribution in [0.4, 0.5) is 0 Å². The first-order valence-electron chi connectivity index (χ1n) is 6.84. The first-order valence-corrected chi connectivity index (χ1v) is 7.66. The Kier molecular flexibility index (Phi) is 4.00. The van der Waals surface area contributed by atoms with Crippen molar-refractivity contribution in [1.29, 1.82) is 0 Å². The van der Waals surface area contributed by atoms with Gasteiger partial charge >= 0.3 is 5.97 Å². The Morgan fingerprint density at radius 3 is 2.68 bits per heavy atom. The van der Waals surface area contributed by atoms with Gasteiger partial charge in [-0.25, -0.2) is 4.79 Å². The summed E-state index contributed by atoms with van der Waals surface area (Å²) < 4.78 is 11.1. The van der Waals surface area contributed by atoms with Crippen LogP contribution in [0.3, 0.4) is 0 Å². The van der Waals surface area contributed by atoms with Crippen molar-refractivity contribution in [3.8, 4) is 0 Å². The Morgan fingerprint density at radius 1 is 1.27 bits per heavy atom. The molecule has 7 heteroatoms. The molecule has 1 aliphatic heterocycles. The molecule has 3 heterocycles. The van der Waals surface area contributed by atoms with Crippen molar-refractivity contribution in [2.75, 3.05) is 19.8 Å². The number of carbonyl (C=O) groups is 2. The summed E-state index contributed by atoms with van der Waals surface area (Å²) in [6.45, 7) is 3.12. The molecule has 1 unspecified atom stereocenters. The largest absolute Gasteiger partial charge is 0.477 e. The topological polar surface area (TPSA) is 80.0 Å². The van der Waals surface area contributed by atoms with Crippen molar-refractivity contribution in [2.24, 2.45) is 0 Å². The Balaban J connectivity index is 1.86. The highest BCUT2D eigenvalue weighted by molar-refractivity contribution is 7.15. The van der Waals surface area contributed by atoms with Gasteiger partial charge in [0.05, 0.1) is 18.1 Å². The number of nitrogens with zero attached hydrogens (tertiary/aromatic N) is 1. The van der Waals surface area contributed by atoms with Gasteiger partial charge in [-0.05, 0) is 31.2 Å². The van der Waals surface area contributed by atoms with Crippen LogP contribution in [0.1, 0.15) is 36.9 Å². The van der Waals surface area contributed by atoms with E-state index in [4.69, 9.17) is 14.3 Å². The molecule has 0 spiro atoms. The zero-order valence-corrected chi connectivity index (χ0v) is 12.8. The Bertz CT molecular complexity index is 704. The first-order chi connectivity index (χ1) is 10.6. The molecule has 0 saturated carbocycles. The van der Waals surface area contributed by atoms with Crippen molar-refractivity contribution in [1.82, 2.24) is 4.90 Å². The lowest BCUT2D eigenvalue weighted by molar-refractivity contribution is -0.00869. The molecule has 6 nitrogen and oxygen atoms in total. The quantitative estimate of drug-likeness (QED) is 0.940. The number of aromatic carboxylic acids is 1. The molecular formula is C15H15NO5S. The average Bonchev–Trinajstić information content (AvgIpc) is 3.15. The van der Waals surface area contributed by atoms with Crippen LogP contribution >= 0.6 is 11.3 Å². The Morgan fingerprint density at radius 2 is 2.05 bits per heavy atom. The van der Waals surface area contributed by atoms with Crippen LogP contribution in [-0.2, 0) is 4.74 Å². The summed E-state index contributed by atoms with van der Waals surface area (Å²) in [4.78, 5) is 25.9. The number of carbonyl (C=O) groups excluding carboxylic acids is 1. The predicted molar refractivity (Wildman–Crippen MR) is 79.3 cm³/mol. The highest BCUT2D eigenvalue weighted by Crippen LogP contribution is 2.29. The maximum atomic E-state index is 12.7. The van der Waals surface area contributed by atoms with E-state index in [1.54, 1.807) is 11.0 Å². The minimum atomic E-state index is -1.02. The molecule has 1 fully saturated rings. The number of morpholine rings is 1. The number of hydrogen-bond acceptors (Lipinski definition) is 5. The minimum Gasteiger partial charge on any atom is -0.477 e. The smallest absolute Gasteiger partial charge is 0.345 e. The number of carboxylic acids is 1. The van der Waals surface area contributed by atoms with Gasteiger partial charge in [0.25, 0.3) is 5.91 Å². The second-order valence-corrected chi connectivity index (χ2v) is 6.09. The van der Waals surface area contributed by atoms with Crippen molar-refractivity contribution in [2.45, 2.75) is 13.0 Å². The highest BCUT2D eigenvalue weighted by atomic mass is 32.1. The molecule has 1 aliphatic rings. The third-order valence-corrected chi connectivity index (χ3v) is 4.57. The predicted octanol–water partition coefficient (Wildman–Crippen LogP) is 2.56. The Hall–Kier alpha value is -2.12. The van der Waals surface area contributed by atoms with Gasteiger partial charge < -0.3 is 19.2 Å². The summed E-state index contributed by atoms with van der Waals surface area (Å²) in [5.41, 5.74) is 0. The molecule has 22 heavy (non-hydrogen) atoms. The van der Waals surface area contributed by atoms with E-state index in [0.717, 1.165) is 17.1 Å². The van der Waals surface area contributed by atoms with Crippen LogP contribution in [0.5, 0.6) is 0 Å². The third kappa shape index (κ3) is 2.77. The molecule has 0 bridgehead atoms. The van der Waals surface area contributed by atoms with Gasteiger partial charge in [-0.2, -0.15) is 0 Å². The molecule has 1 amide bonds. The summed E-state index contributed by atoms with van der Waals surface area (Å²) in [6.07, 6.45) is 0. The lowest BCUT2D eigenvalue weighted by atomic mass is 10.1. The molecule has 0 aliphatic carbocycles. The standard InChI is InChI=1S/C15H15NO5S/c1-9-2-3-11(21-9)10-8-20-7-6-16(10)14(17)12-4-5-13(22-12)15(18)19/h2-5,10H,6-8H2,1H3,(H,18,19). The number of carboxylic acid groups (broad SMARTS) is 1. The van der Waals surface area contributed by atoms with Crippen LogP contribution in [0.2, 0.25) is 0 Å². The van der Waals surface area contributed by atoms with Crippen molar-refractivity contribution < 1.29 is 23.8 Å². The minimum absolute atomic E-state index is 0.155. The molecule has 1 atom stereocenters. The van der Waals surface area contributed by atoms with E-state index in [1.807, 2.05) is 19.1 Å². The number of thiophene rings is 1. The van der Waals surface area contributed by atoms with Crippen LogP contribution in [0.25, 0.3) is 0 Å². The molecule has 116 valence electrons. The number of hydrogen-bond donors (Lipinski definition) is 1. The van der Waals surface area contributed by atoms with Gasteiger partial charge in [-0.15, -0.1) is 11.3 Å². The van der Waals surface area contributed by atoms with E-state index < -0.39 is 5.97 Å². The van der Waals surface area contributed by atoms with Gasteiger partial charge in [0, 0.05) is 6.54 Å². The molecule has 3 rings (SSSR count). The SMILES string of the molecule is Cc1ccc(C2COCCN2C(=O)c2ccc(C(=O)O)s2)o1. The van der Waals surface area contributed by atoms with Crippen molar-refractivity contribution in [3.05, 3.63) is 45.5 Å². The van der Waals surface area contributed by atoms with Gasteiger partial charge in [0.15, 0.2) is 0 Å². The number of rotatable bonds is 3. The second kappa shape index (κ2) is 5.94. The molecule has 0 radical (unpaired) electrons. The summed E-state index contributed by atoms with van der Waals surface area (Å²) in [7, 11) is 0. The summed E-state index contributed by atoms with van der Waals surface area (Å²) in [5.74, 6) is 0.238. The van der Waals surface area contributed by atoms with E-state index in [9.17, 15) is 9.59 Å². The summed E-state index contributed by atoms with van der Waals surface area (Å²) in [6, 6.07) is 6.40. The number of furan rings is 1. The molecule has 1 saturated heterocycles. The fourth-order valence-corrected chi connectivity index (χ4v) is 3.23. The maximum Gasteiger partial charge on any atom is 0.345 e. The number of ether oxygens (including phenoxy) is 1. The van der Waals surface area contributed by atoms with Crippen molar-refractivity contribution >= 4 is 23.2 Å². The first kappa shape index (κ1) is 14.8. The molecule has 2 aromatic heterocycles. The van der Waals surface area contributed by atoms with Crippen molar-refractivity contribution in [3.63, 3.8) is 0 Å². The highest BCUT2D eigenvalue weighted by Gasteiger charge is 2.32. The van der Waals surface area contributed by atoms with Gasteiger partial charge in [-0.3, -0.25) is 4.79 Å². The monoisotopic (exact) mass is 321 g/mol. The summed E-state index contributed by atoms with van der Waals surface area (Å²) in [5, 5.41) is 8.97. The zero-order valence-electron chi connectivity index (χ0n) is 11.9. The van der Waals surface area contributed by atoms with Crippen LogP contribution in [0, 0.1) is 6.92 Å². The van der Waals surface area contributed by atoms with E-state index in [1.165, 1.54) is 6.07 Å². The number of aryl methyl sites for hydroxylation is 1. The fraction of sp³-hybridized carbons (Fsp3) is 0.333. The molecular weight excluding hydrogens is 306 g/mol. The molecule has 0 aromatic carbocycles. The third-order valence-electron chi connectivity index (χ3n) is 3.51. The fourth-order valence-electron chi connectivity index (χ4n) is 2.42. The lowest BCUT2D eigenvalue weighted by Gasteiger charge is -2.34. The number of amides is 1. The molecule has 1 N–H and O–H groups in total. The Labute approximate surface area is 130 Å². The van der Waals surface area contributed by atoms with E-state index >= 15 is 0 Å². The van der Waals surface area contributed by atoms with Crippen LogP contribution in [0.15, 0.2) is 28.7 Å². The van der Waals surface area contributed by atoms with Crippen LogP contribution in [-0.4, -0.2) is 41.6 Å². The van der Waals surface area contributed by atoms with E-state index in [2.05, 4.69) is 0 Å². The van der Waals surface area contributed by atoms with E-state index in [-0.39, 0.29) is 16.8 Å². The maximum absolute atomic E-state index is 12.7. The average molecular weight is 321 g/mol. The summed E-state index contributed by atoms with van der Waals surface area (Å²) >= 11 is 0.983. The normalized spacial score (nSPS) is 18.4. The van der Waals surface area contributed by atoms with Gasteiger partial charge in [-0.1, -0.05) is 0 Å². The van der Waals surface area contributed by atoms with Gasteiger partial charge in [0.1, 0.15) is 22.4 Å². The van der Waals surface area contributed by atoms with E-state index in [0.29, 0.717) is 30.4 Å². The van der Waals surface area contributed by atoms with Gasteiger partial charge in [0.2, 0.25) is 0 Å². The second-order valence-electron chi connectivity index (χ2n) is 5.01.